The fraction of sp³-hybridized carbons (Fsp3) is 0.611. The van der Waals surface area contributed by atoms with Gasteiger partial charge in [0.05, 0.1) is 18.6 Å². The molecule has 0 radical (unpaired) electrons. The molecular weight excluding hydrogens is 458 g/mol. The number of hydrogen-bond acceptors (Lipinski definition) is 9. The molecule has 0 aliphatic heterocycles. The Morgan fingerprint density at radius 2 is 1.24 bits per heavy atom. The summed E-state index contributed by atoms with van der Waals surface area (Å²) in [5.41, 5.74) is 20.6. The molecule has 0 rings (SSSR count). The Hall–Kier alpha value is -3.79. The van der Waals surface area contributed by atoms with E-state index in [0.717, 1.165) is 6.92 Å². The van der Waals surface area contributed by atoms with Crippen molar-refractivity contribution in [3.63, 3.8) is 0 Å². The maximum absolute atomic E-state index is 12.7. The van der Waals surface area contributed by atoms with E-state index < -0.39 is 84.5 Å². The van der Waals surface area contributed by atoms with Crippen LogP contribution in [0.15, 0.2) is 0 Å². The second kappa shape index (κ2) is 14.4. The molecule has 5 unspecified atom stereocenters. The molecule has 0 aliphatic carbocycles. The fourth-order valence-corrected chi connectivity index (χ4v) is 2.58. The Labute approximate surface area is 194 Å². The fourth-order valence-electron chi connectivity index (χ4n) is 2.58. The zero-order valence-corrected chi connectivity index (χ0v) is 18.5. The van der Waals surface area contributed by atoms with Crippen molar-refractivity contribution < 1.29 is 43.8 Å². The van der Waals surface area contributed by atoms with Crippen LogP contribution in [0.25, 0.3) is 0 Å². The lowest BCUT2D eigenvalue weighted by Crippen LogP contribution is -2.60. The van der Waals surface area contributed by atoms with E-state index in [1.54, 1.807) is 0 Å². The van der Waals surface area contributed by atoms with Crippen LogP contribution in [0, 0.1) is 0 Å². The molecule has 0 aliphatic rings. The Bertz CT molecular complexity index is 803. The van der Waals surface area contributed by atoms with Crippen LogP contribution in [-0.4, -0.2) is 81.9 Å². The molecule has 0 aromatic carbocycles. The molecule has 13 N–H and O–H groups in total. The molecule has 5 atom stereocenters. The number of rotatable bonds is 16. The number of carbonyl (C=O) groups is 7. The number of carboxylic acid groups (broad SMARTS) is 1. The van der Waals surface area contributed by atoms with Crippen molar-refractivity contribution in [3.8, 4) is 0 Å². The first kappa shape index (κ1) is 30.2. The predicted molar refractivity (Wildman–Crippen MR) is 114 cm³/mol. The summed E-state index contributed by atoms with van der Waals surface area (Å²) in [6, 6.07) is -6.09. The van der Waals surface area contributed by atoms with Crippen LogP contribution in [0.2, 0.25) is 0 Å². The lowest BCUT2D eigenvalue weighted by molar-refractivity contribution is -0.144. The van der Waals surface area contributed by atoms with Crippen molar-refractivity contribution in [1.82, 2.24) is 16.0 Å². The van der Waals surface area contributed by atoms with Crippen molar-refractivity contribution in [2.45, 2.75) is 69.3 Å². The van der Waals surface area contributed by atoms with E-state index in [9.17, 15) is 38.7 Å². The van der Waals surface area contributed by atoms with Gasteiger partial charge in [-0.1, -0.05) is 0 Å². The van der Waals surface area contributed by atoms with Crippen molar-refractivity contribution in [2.24, 2.45) is 22.9 Å². The van der Waals surface area contributed by atoms with Gasteiger partial charge in [-0.05, 0) is 19.8 Å². The number of hydrogen-bond donors (Lipinski definition) is 9. The van der Waals surface area contributed by atoms with Crippen molar-refractivity contribution in [3.05, 3.63) is 0 Å². The van der Waals surface area contributed by atoms with Crippen LogP contribution >= 0.6 is 0 Å². The summed E-state index contributed by atoms with van der Waals surface area (Å²) in [4.78, 5) is 81.7. The predicted octanol–water partition coefficient (Wildman–Crippen LogP) is -5.36. The van der Waals surface area contributed by atoms with Gasteiger partial charge in [0.2, 0.25) is 35.4 Å². The highest BCUT2D eigenvalue weighted by molar-refractivity contribution is 5.95. The first-order valence-corrected chi connectivity index (χ1v) is 10.1. The number of nitrogens with one attached hydrogen (secondary N) is 3. The summed E-state index contributed by atoms with van der Waals surface area (Å²) in [6.45, 7) is 1.16. The second-order valence-corrected chi connectivity index (χ2v) is 7.47. The largest absolute Gasteiger partial charge is 0.480 e. The summed E-state index contributed by atoms with van der Waals surface area (Å²) in [5, 5.41) is 25.4. The minimum absolute atomic E-state index is 0.130. The smallest absolute Gasteiger partial charge is 0.326 e. The topological polar surface area (TPSA) is 300 Å². The van der Waals surface area contributed by atoms with E-state index in [1.165, 1.54) is 0 Å². The summed E-state index contributed by atoms with van der Waals surface area (Å²) in [5.74, 6) is -7.19. The highest BCUT2D eigenvalue weighted by Crippen LogP contribution is 2.04. The van der Waals surface area contributed by atoms with Crippen LogP contribution in [0.4, 0.5) is 0 Å². The highest BCUT2D eigenvalue weighted by Gasteiger charge is 2.32. The van der Waals surface area contributed by atoms with Crippen LogP contribution in [0.3, 0.4) is 0 Å². The molecular formula is C18H31N7O9. The van der Waals surface area contributed by atoms with Crippen molar-refractivity contribution in [1.29, 1.82) is 0 Å². The number of aliphatic hydroxyl groups is 1. The van der Waals surface area contributed by atoms with Crippen molar-refractivity contribution in [2.75, 3.05) is 0 Å². The van der Waals surface area contributed by atoms with Gasteiger partial charge in [-0.2, -0.15) is 0 Å². The minimum Gasteiger partial charge on any atom is -0.480 e. The molecule has 0 aromatic rings. The maximum atomic E-state index is 12.7. The molecule has 16 heteroatoms. The van der Waals surface area contributed by atoms with Gasteiger partial charge in [-0.3, -0.25) is 28.8 Å². The molecule has 16 nitrogen and oxygen atoms in total. The highest BCUT2D eigenvalue weighted by atomic mass is 16.4. The molecule has 0 spiro atoms. The number of nitrogens with two attached hydrogens (primary N) is 4. The molecule has 0 fully saturated rings. The average molecular weight is 489 g/mol. The molecule has 0 saturated heterocycles. The molecule has 6 amide bonds. The summed E-state index contributed by atoms with van der Waals surface area (Å²) < 4.78 is 0. The van der Waals surface area contributed by atoms with Crippen LogP contribution < -0.4 is 38.9 Å². The number of aliphatic hydroxyl groups excluding tert-OH is 1. The third kappa shape index (κ3) is 11.7. The third-order valence-corrected chi connectivity index (χ3v) is 4.43. The SMILES string of the molecule is CC(O)C(NC(=O)C(N)CCC(N)=O)C(=O)NC(CCC(N)=O)C(=O)NC(CC(N)=O)C(=O)O. The quantitative estimate of drug-likeness (QED) is 0.0990. The van der Waals surface area contributed by atoms with Gasteiger partial charge < -0.3 is 49.1 Å². The lowest BCUT2D eigenvalue weighted by Gasteiger charge is -2.26. The second-order valence-electron chi connectivity index (χ2n) is 7.47. The standard InChI is InChI=1S/C18H31N7O9/c1-7(26)14(25-15(30)8(19)2-4-11(20)27)17(32)23-9(3-5-12(21)28)16(31)24-10(18(33)34)6-13(22)29/h7-10,14,26H,2-6,19H2,1H3,(H2,20,27)(H2,21,28)(H2,22,29)(H,23,32)(H,24,31)(H,25,30)(H,33,34). The van der Waals surface area contributed by atoms with Crippen molar-refractivity contribution >= 4 is 41.4 Å². The zero-order chi connectivity index (χ0) is 26.6. The van der Waals surface area contributed by atoms with Gasteiger partial charge in [0.15, 0.2) is 0 Å². The summed E-state index contributed by atoms with van der Waals surface area (Å²) >= 11 is 0. The minimum atomic E-state index is -1.71. The van der Waals surface area contributed by atoms with Gasteiger partial charge in [0, 0.05) is 12.8 Å². The number of aliphatic carboxylic acids is 1. The first-order chi connectivity index (χ1) is 15.6. The van der Waals surface area contributed by atoms with Gasteiger partial charge in [-0.15, -0.1) is 0 Å². The number of carbonyl (C=O) groups excluding carboxylic acids is 6. The monoisotopic (exact) mass is 489 g/mol. The molecule has 0 bridgehead atoms. The molecule has 0 heterocycles. The van der Waals surface area contributed by atoms with Crippen LogP contribution in [-0.2, 0) is 33.6 Å². The third-order valence-electron chi connectivity index (χ3n) is 4.43. The number of primary amides is 3. The molecule has 0 saturated carbocycles. The van der Waals surface area contributed by atoms with E-state index in [-0.39, 0.29) is 19.3 Å². The van der Waals surface area contributed by atoms with E-state index in [1.807, 2.05) is 5.32 Å². The normalized spacial score (nSPS) is 15.0. The average Bonchev–Trinajstić information content (AvgIpc) is 2.71. The number of amides is 6. The summed E-state index contributed by atoms with van der Waals surface area (Å²) in [6.07, 6.45) is -3.31. The van der Waals surface area contributed by atoms with Gasteiger partial charge in [0.25, 0.3) is 0 Å². The zero-order valence-electron chi connectivity index (χ0n) is 18.5. The van der Waals surface area contributed by atoms with E-state index >= 15 is 0 Å². The summed E-state index contributed by atoms with van der Waals surface area (Å²) in [7, 11) is 0. The Morgan fingerprint density at radius 1 is 0.735 bits per heavy atom. The number of carboxylic acids is 1. The Balaban J connectivity index is 5.49. The van der Waals surface area contributed by atoms with Crippen LogP contribution in [0.1, 0.15) is 39.0 Å². The van der Waals surface area contributed by atoms with E-state index in [0.29, 0.717) is 0 Å². The lowest BCUT2D eigenvalue weighted by atomic mass is 10.1. The Kier molecular flexibility index (Phi) is 12.8. The van der Waals surface area contributed by atoms with E-state index in [4.69, 9.17) is 28.0 Å². The maximum Gasteiger partial charge on any atom is 0.326 e. The first-order valence-electron chi connectivity index (χ1n) is 10.1. The van der Waals surface area contributed by atoms with Crippen LogP contribution in [0.5, 0.6) is 0 Å². The molecule has 0 aromatic heterocycles. The van der Waals surface area contributed by atoms with Gasteiger partial charge in [0.1, 0.15) is 18.1 Å². The molecule has 192 valence electrons. The van der Waals surface area contributed by atoms with E-state index in [2.05, 4.69) is 10.6 Å². The van der Waals surface area contributed by atoms with Gasteiger partial charge in [-0.25, -0.2) is 4.79 Å². The Morgan fingerprint density at radius 3 is 1.68 bits per heavy atom. The van der Waals surface area contributed by atoms with Gasteiger partial charge >= 0.3 is 5.97 Å². The molecule has 34 heavy (non-hydrogen) atoms.